The number of methoxy groups -OCH3 is 3. The molecular formula is C16H27NO4. The minimum absolute atomic E-state index is 0.0599. The second kappa shape index (κ2) is 9.34. The van der Waals surface area contributed by atoms with Crippen molar-refractivity contribution < 1.29 is 18.9 Å². The molecule has 1 atom stereocenters. The standard InChI is InChI=1S/C16H27NO4/c1-6-7-8-17-11-12(2)21-13-9-14(18-3)16(20-5)15(10-13)19-4/h9-10,12,17H,6-8,11H2,1-5H3. The van der Waals surface area contributed by atoms with Crippen LogP contribution >= 0.6 is 0 Å². The van der Waals surface area contributed by atoms with Gasteiger partial charge in [0.15, 0.2) is 11.5 Å². The van der Waals surface area contributed by atoms with Crippen LogP contribution in [0.15, 0.2) is 12.1 Å². The molecule has 0 fully saturated rings. The van der Waals surface area contributed by atoms with E-state index in [1.165, 1.54) is 12.8 Å². The van der Waals surface area contributed by atoms with E-state index in [9.17, 15) is 0 Å². The van der Waals surface area contributed by atoms with Gasteiger partial charge in [0, 0.05) is 18.7 Å². The van der Waals surface area contributed by atoms with Crippen molar-refractivity contribution >= 4 is 0 Å². The van der Waals surface area contributed by atoms with Crippen LogP contribution in [0.4, 0.5) is 0 Å². The average Bonchev–Trinajstić information content (AvgIpc) is 2.50. The highest BCUT2D eigenvalue weighted by Gasteiger charge is 2.15. The first kappa shape index (κ1) is 17.4. The van der Waals surface area contributed by atoms with Gasteiger partial charge in [-0.05, 0) is 19.9 Å². The van der Waals surface area contributed by atoms with Crippen molar-refractivity contribution in [2.45, 2.75) is 32.8 Å². The summed E-state index contributed by atoms with van der Waals surface area (Å²) in [6.07, 6.45) is 2.43. The minimum Gasteiger partial charge on any atom is -0.493 e. The lowest BCUT2D eigenvalue weighted by Crippen LogP contribution is -2.29. The van der Waals surface area contributed by atoms with Crippen molar-refractivity contribution in [3.63, 3.8) is 0 Å². The summed E-state index contributed by atoms with van der Waals surface area (Å²) in [6.45, 7) is 6.02. The van der Waals surface area contributed by atoms with Gasteiger partial charge in [-0.2, -0.15) is 0 Å². The monoisotopic (exact) mass is 297 g/mol. The summed E-state index contributed by atoms with van der Waals surface area (Å²) >= 11 is 0. The Morgan fingerprint density at radius 2 is 1.67 bits per heavy atom. The van der Waals surface area contributed by atoms with Gasteiger partial charge in [-0.15, -0.1) is 0 Å². The van der Waals surface area contributed by atoms with Crippen LogP contribution < -0.4 is 24.3 Å². The highest BCUT2D eigenvalue weighted by Crippen LogP contribution is 2.40. The minimum atomic E-state index is 0.0599. The van der Waals surface area contributed by atoms with Crippen LogP contribution in [-0.4, -0.2) is 40.5 Å². The predicted octanol–water partition coefficient (Wildman–Crippen LogP) is 2.87. The summed E-state index contributed by atoms with van der Waals surface area (Å²) in [6, 6.07) is 3.62. The number of rotatable bonds is 10. The molecule has 0 saturated carbocycles. The lowest BCUT2D eigenvalue weighted by atomic mass is 10.2. The molecule has 0 aliphatic carbocycles. The van der Waals surface area contributed by atoms with E-state index in [-0.39, 0.29) is 6.10 Å². The maximum absolute atomic E-state index is 5.90. The number of benzene rings is 1. The molecule has 5 nitrogen and oxygen atoms in total. The summed E-state index contributed by atoms with van der Waals surface area (Å²) < 4.78 is 21.8. The third-order valence-corrected chi connectivity index (χ3v) is 3.11. The van der Waals surface area contributed by atoms with Crippen LogP contribution in [-0.2, 0) is 0 Å². The van der Waals surface area contributed by atoms with Crippen LogP contribution in [0.1, 0.15) is 26.7 Å². The number of hydrogen-bond donors (Lipinski definition) is 1. The van der Waals surface area contributed by atoms with E-state index in [0.29, 0.717) is 23.0 Å². The fourth-order valence-electron chi connectivity index (χ4n) is 2.01. The predicted molar refractivity (Wildman–Crippen MR) is 84.0 cm³/mol. The first-order chi connectivity index (χ1) is 10.2. The molecule has 1 aromatic rings. The molecule has 5 heteroatoms. The van der Waals surface area contributed by atoms with Gasteiger partial charge in [0.25, 0.3) is 0 Å². The number of hydrogen-bond acceptors (Lipinski definition) is 5. The maximum Gasteiger partial charge on any atom is 0.203 e. The quantitative estimate of drug-likeness (QED) is 0.673. The topological polar surface area (TPSA) is 49.0 Å². The molecule has 0 heterocycles. The Hall–Kier alpha value is -1.62. The molecule has 0 aliphatic heterocycles. The molecule has 0 saturated heterocycles. The Labute approximate surface area is 127 Å². The van der Waals surface area contributed by atoms with Crippen LogP contribution in [0.25, 0.3) is 0 Å². The maximum atomic E-state index is 5.90. The summed E-state index contributed by atoms with van der Waals surface area (Å²) in [5, 5.41) is 3.37. The molecule has 0 radical (unpaired) electrons. The van der Waals surface area contributed by atoms with E-state index in [4.69, 9.17) is 18.9 Å². The van der Waals surface area contributed by atoms with E-state index in [0.717, 1.165) is 13.1 Å². The fraction of sp³-hybridized carbons (Fsp3) is 0.625. The lowest BCUT2D eigenvalue weighted by Gasteiger charge is -2.18. The van der Waals surface area contributed by atoms with Crippen molar-refractivity contribution in [3.8, 4) is 23.0 Å². The van der Waals surface area contributed by atoms with Gasteiger partial charge in [-0.1, -0.05) is 13.3 Å². The molecule has 120 valence electrons. The zero-order valence-corrected chi connectivity index (χ0v) is 13.7. The van der Waals surface area contributed by atoms with Gasteiger partial charge >= 0.3 is 0 Å². The van der Waals surface area contributed by atoms with Crippen molar-refractivity contribution in [2.75, 3.05) is 34.4 Å². The van der Waals surface area contributed by atoms with E-state index >= 15 is 0 Å². The van der Waals surface area contributed by atoms with Crippen molar-refractivity contribution in [3.05, 3.63) is 12.1 Å². The van der Waals surface area contributed by atoms with Crippen molar-refractivity contribution in [1.82, 2.24) is 5.32 Å². The van der Waals surface area contributed by atoms with Crippen molar-refractivity contribution in [2.24, 2.45) is 0 Å². The smallest absolute Gasteiger partial charge is 0.203 e. The van der Waals surface area contributed by atoms with Gasteiger partial charge in [0.2, 0.25) is 5.75 Å². The Balaban J connectivity index is 2.70. The van der Waals surface area contributed by atoms with E-state index in [1.54, 1.807) is 21.3 Å². The van der Waals surface area contributed by atoms with Gasteiger partial charge < -0.3 is 24.3 Å². The third kappa shape index (κ3) is 5.34. The summed E-state index contributed by atoms with van der Waals surface area (Å²) in [5.74, 6) is 2.46. The number of nitrogens with one attached hydrogen (secondary N) is 1. The fourth-order valence-corrected chi connectivity index (χ4v) is 2.01. The first-order valence-electron chi connectivity index (χ1n) is 7.33. The molecule has 1 aromatic carbocycles. The van der Waals surface area contributed by atoms with Crippen molar-refractivity contribution in [1.29, 1.82) is 0 Å². The van der Waals surface area contributed by atoms with Crippen LogP contribution in [0.2, 0.25) is 0 Å². The zero-order valence-electron chi connectivity index (χ0n) is 13.7. The molecule has 21 heavy (non-hydrogen) atoms. The summed E-state index contributed by atoms with van der Waals surface area (Å²) in [4.78, 5) is 0. The van der Waals surface area contributed by atoms with Gasteiger partial charge in [-0.25, -0.2) is 0 Å². The molecule has 0 aromatic heterocycles. The Morgan fingerprint density at radius 3 is 2.14 bits per heavy atom. The molecule has 0 aliphatic rings. The zero-order chi connectivity index (χ0) is 15.7. The average molecular weight is 297 g/mol. The highest BCUT2D eigenvalue weighted by atomic mass is 16.5. The van der Waals surface area contributed by atoms with E-state index < -0.39 is 0 Å². The largest absolute Gasteiger partial charge is 0.493 e. The van der Waals surface area contributed by atoms with Gasteiger partial charge in [-0.3, -0.25) is 0 Å². The molecule has 1 rings (SSSR count). The SMILES string of the molecule is CCCCNCC(C)Oc1cc(OC)c(OC)c(OC)c1. The first-order valence-corrected chi connectivity index (χ1v) is 7.33. The third-order valence-electron chi connectivity index (χ3n) is 3.11. The molecule has 1 N–H and O–H groups in total. The molecule has 1 unspecified atom stereocenters. The second-order valence-corrected chi connectivity index (χ2v) is 4.85. The number of unbranched alkanes of at least 4 members (excludes halogenated alkanes) is 1. The lowest BCUT2D eigenvalue weighted by molar-refractivity contribution is 0.214. The Kier molecular flexibility index (Phi) is 7.75. The molecule has 0 spiro atoms. The van der Waals surface area contributed by atoms with Crippen LogP contribution in [0.3, 0.4) is 0 Å². The molecule has 0 bridgehead atoms. The molecular weight excluding hydrogens is 270 g/mol. The van der Waals surface area contributed by atoms with E-state index in [1.807, 2.05) is 19.1 Å². The summed E-state index contributed by atoms with van der Waals surface area (Å²) in [7, 11) is 4.77. The Morgan fingerprint density at radius 1 is 1.05 bits per heavy atom. The summed E-state index contributed by atoms with van der Waals surface area (Å²) in [5.41, 5.74) is 0. The second-order valence-electron chi connectivity index (χ2n) is 4.85. The highest BCUT2D eigenvalue weighted by molar-refractivity contribution is 5.55. The normalized spacial score (nSPS) is 11.9. The van der Waals surface area contributed by atoms with Gasteiger partial charge in [0.1, 0.15) is 11.9 Å². The molecule has 0 amide bonds. The van der Waals surface area contributed by atoms with Crippen LogP contribution in [0, 0.1) is 0 Å². The van der Waals surface area contributed by atoms with Crippen LogP contribution in [0.5, 0.6) is 23.0 Å². The Bertz CT molecular complexity index is 398. The van der Waals surface area contributed by atoms with E-state index in [2.05, 4.69) is 12.2 Å². The van der Waals surface area contributed by atoms with Gasteiger partial charge in [0.05, 0.1) is 21.3 Å². The number of ether oxygens (including phenoxy) is 4.